The van der Waals surface area contributed by atoms with Gasteiger partial charge in [0, 0.05) is 38.2 Å². The minimum Gasteiger partial charge on any atom is -0.483 e. The molecule has 2 rings (SSSR count). The van der Waals surface area contributed by atoms with Crippen molar-refractivity contribution in [1.82, 2.24) is 10.2 Å². The minimum atomic E-state index is -0.0744. The Labute approximate surface area is 124 Å². The van der Waals surface area contributed by atoms with Gasteiger partial charge in [-0.25, -0.2) is 0 Å². The number of nitrogens with two attached hydrogens (primary N) is 1. The molecule has 0 bridgehead atoms. The van der Waals surface area contributed by atoms with E-state index in [1.807, 2.05) is 18.2 Å². The fraction of sp³-hybridized carbons (Fsp3) is 0.467. The first-order valence-electron chi connectivity index (χ1n) is 7.05. The smallest absolute Gasteiger partial charge is 0.260 e. The van der Waals surface area contributed by atoms with Gasteiger partial charge in [-0.3, -0.25) is 9.59 Å². The molecule has 1 atom stereocenters. The number of carbonyl (C=O) groups is 2. The summed E-state index contributed by atoms with van der Waals surface area (Å²) in [6.07, 6.45) is 0.782. The lowest BCUT2D eigenvalue weighted by Gasteiger charge is -2.17. The molecule has 0 spiro atoms. The van der Waals surface area contributed by atoms with Gasteiger partial charge < -0.3 is 20.7 Å². The first kappa shape index (κ1) is 15.3. The van der Waals surface area contributed by atoms with Crippen LogP contribution in [0.5, 0.6) is 5.75 Å². The standard InChI is InChI=1S/C15H21N3O3/c1-11(19)17-13-6-7-18(9-13)15(20)10-21-14-5-3-2-4-12(14)8-16/h2-5,13H,6-10,16H2,1H3,(H,17,19). The maximum absolute atomic E-state index is 12.1. The molecular formula is C15H21N3O3. The van der Waals surface area contributed by atoms with E-state index < -0.39 is 0 Å². The number of ether oxygens (including phenoxy) is 1. The number of hydrogen-bond acceptors (Lipinski definition) is 4. The van der Waals surface area contributed by atoms with E-state index in [4.69, 9.17) is 10.5 Å². The molecular weight excluding hydrogens is 270 g/mol. The van der Waals surface area contributed by atoms with Crippen molar-refractivity contribution >= 4 is 11.8 Å². The summed E-state index contributed by atoms with van der Waals surface area (Å²) in [6.45, 7) is 3.03. The van der Waals surface area contributed by atoms with E-state index in [0.29, 0.717) is 25.4 Å². The highest BCUT2D eigenvalue weighted by molar-refractivity contribution is 5.78. The van der Waals surface area contributed by atoms with Gasteiger partial charge >= 0.3 is 0 Å². The summed E-state index contributed by atoms with van der Waals surface area (Å²) in [5, 5.41) is 2.83. The number of benzene rings is 1. The molecule has 0 radical (unpaired) electrons. The number of rotatable bonds is 5. The highest BCUT2D eigenvalue weighted by Gasteiger charge is 2.26. The largest absolute Gasteiger partial charge is 0.483 e. The highest BCUT2D eigenvalue weighted by atomic mass is 16.5. The number of nitrogens with zero attached hydrogens (tertiary/aromatic N) is 1. The number of para-hydroxylation sites is 1. The summed E-state index contributed by atoms with van der Waals surface area (Å²) < 4.78 is 5.56. The van der Waals surface area contributed by atoms with Gasteiger partial charge in [-0.2, -0.15) is 0 Å². The second kappa shape index (κ2) is 7.08. The van der Waals surface area contributed by atoms with Crippen LogP contribution in [0.15, 0.2) is 24.3 Å². The number of amides is 2. The molecule has 0 aliphatic carbocycles. The number of carbonyl (C=O) groups excluding carboxylic acids is 2. The zero-order chi connectivity index (χ0) is 15.2. The van der Waals surface area contributed by atoms with Crippen molar-refractivity contribution in [3.05, 3.63) is 29.8 Å². The molecule has 1 unspecified atom stereocenters. The molecule has 6 heteroatoms. The van der Waals surface area contributed by atoms with Crippen LogP contribution in [0.4, 0.5) is 0 Å². The molecule has 1 aliphatic heterocycles. The molecule has 1 heterocycles. The van der Waals surface area contributed by atoms with E-state index in [1.54, 1.807) is 11.0 Å². The third-order valence-electron chi connectivity index (χ3n) is 3.49. The van der Waals surface area contributed by atoms with Gasteiger partial charge in [0.25, 0.3) is 5.91 Å². The lowest BCUT2D eigenvalue weighted by molar-refractivity contribution is -0.132. The topological polar surface area (TPSA) is 84.7 Å². The average molecular weight is 291 g/mol. The summed E-state index contributed by atoms with van der Waals surface area (Å²) in [7, 11) is 0. The molecule has 21 heavy (non-hydrogen) atoms. The van der Waals surface area contributed by atoms with E-state index in [-0.39, 0.29) is 24.5 Å². The van der Waals surface area contributed by atoms with E-state index >= 15 is 0 Å². The monoisotopic (exact) mass is 291 g/mol. The van der Waals surface area contributed by atoms with Gasteiger partial charge in [0.05, 0.1) is 0 Å². The summed E-state index contributed by atoms with van der Waals surface area (Å²) in [6, 6.07) is 7.46. The summed E-state index contributed by atoms with van der Waals surface area (Å²) >= 11 is 0. The molecule has 6 nitrogen and oxygen atoms in total. The van der Waals surface area contributed by atoms with Gasteiger partial charge in [0.15, 0.2) is 6.61 Å². The molecule has 0 saturated carbocycles. The van der Waals surface area contributed by atoms with Gasteiger partial charge in [0.1, 0.15) is 5.75 Å². The van der Waals surface area contributed by atoms with Crippen LogP contribution in [-0.4, -0.2) is 42.5 Å². The van der Waals surface area contributed by atoms with Crippen LogP contribution < -0.4 is 15.8 Å². The van der Waals surface area contributed by atoms with Crippen LogP contribution in [0.1, 0.15) is 18.9 Å². The second-order valence-electron chi connectivity index (χ2n) is 5.13. The van der Waals surface area contributed by atoms with Crippen LogP contribution >= 0.6 is 0 Å². The molecule has 1 fully saturated rings. The van der Waals surface area contributed by atoms with Gasteiger partial charge in [-0.1, -0.05) is 18.2 Å². The van der Waals surface area contributed by atoms with Crippen molar-refractivity contribution in [3.63, 3.8) is 0 Å². The van der Waals surface area contributed by atoms with Crippen LogP contribution in [-0.2, 0) is 16.1 Å². The number of nitrogens with one attached hydrogen (secondary N) is 1. The Morgan fingerprint density at radius 1 is 1.43 bits per heavy atom. The van der Waals surface area contributed by atoms with Crippen LogP contribution in [0.3, 0.4) is 0 Å². The van der Waals surface area contributed by atoms with Crippen molar-refractivity contribution in [1.29, 1.82) is 0 Å². The average Bonchev–Trinajstić information content (AvgIpc) is 2.92. The van der Waals surface area contributed by atoms with Crippen molar-refractivity contribution < 1.29 is 14.3 Å². The van der Waals surface area contributed by atoms with Gasteiger partial charge in [-0.15, -0.1) is 0 Å². The SMILES string of the molecule is CC(=O)NC1CCN(C(=O)COc2ccccc2CN)C1. The predicted molar refractivity (Wildman–Crippen MR) is 78.6 cm³/mol. The Kier molecular flexibility index (Phi) is 5.16. The minimum absolute atomic E-state index is 0.0101. The Hall–Kier alpha value is -2.08. The first-order valence-corrected chi connectivity index (χ1v) is 7.05. The summed E-state index contributed by atoms with van der Waals surface area (Å²) in [5.41, 5.74) is 6.51. The van der Waals surface area contributed by atoms with Gasteiger partial charge in [-0.05, 0) is 12.5 Å². The maximum Gasteiger partial charge on any atom is 0.260 e. The van der Waals surface area contributed by atoms with Gasteiger partial charge in [0.2, 0.25) is 5.91 Å². The summed E-state index contributed by atoms with van der Waals surface area (Å²) in [4.78, 5) is 24.8. The maximum atomic E-state index is 12.1. The highest BCUT2D eigenvalue weighted by Crippen LogP contribution is 2.17. The number of likely N-dealkylation sites (tertiary alicyclic amines) is 1. The first-order chi connectivity index (χ1) is 10.1. The Morgan fingerprint density at radius 3 is 2.90 bits per heavy atom. The fourth-order valence-electron chi connectivity index (χ4n) is 2.44. The van der Waals surface area contributed by atoms with Crippen molar-refractivity contribution in [2.24, 2.45) is 5.73 Å². The quantitative estimate of drug-likeness (QED) is 0.815. The molecule has 1 aliphatic rings. The lowest BCUT2D eigenvalue weighted by Crippen LogP contribution is -2.38. The van der Waals surface area contributed by atoms with Crippen LogP contribution in [0.2, 0.25) is 0 Å². The van der Waals surface area contributed by atoms with Crippen molar-refractivity contribution in [3.8, 4) is 5.75 Å². The molecule has 3 N–H and O–H groups in total. The number of hydrogen-bond donors (Lipinski definition) is 2. The molecule has 0 aromatic heterocycles. The fourth-order valence-corrected chi connectivity index (χ4v) is 2.44. The van der Waals surface area contributed by atoms with E-state index in [2.05, 4.69) is 5.32 Å². The van der Waals surface area contributed by atoms with E-state index in [0.717, 1.165) is 12.0 Å². The normalized spacial score (nSPS) is 17.6. The molecule has 1 aromatic carbocycles. The molecule has 1 saturated heterocycles. The Bertz CT molecular complexity index is 519. The lowest BCUT2D eigenvalue weighted by atomic mass is 10.2. The van der Waals surface area contributed by atoms with Crippen molar-refractivity contribution in [2.75, 3.05) is 19.7 Å². The molecule has 114 valence electrons. The third-order valence-corrected chi connectivity index (χ3v) is 3.49. The zero-order valence-corrected chi connectivity index (χ0v) is 12.2. The van der Waals surface area contributed by atoms with E-state index in [1.165, 1.54) is 6.92 Å². The van der Waals surface area contributed by atoms with E-state index in [9.17, 15) is 9.59 Å². The second-order valence-corrected chi connectivity index (χ2v) is 5.13. The third kappa shape index (κ3) is 4.19. The molecule has 1 aromatic rings. The molecule has 2 amide bonds. The Morgan fingerprint density at radius 2 is 2.19 bits per heavy atom. The van der Waals surface area contributed by atoms with Crippen LogP contribution in [0, 0.1) is 0 Å². The summed E-state index contributed by atoms with van der Waals surface area (Å²) in [5.74, 6) is 0.503. The zero-order valence-electron chi connectivity index (χ0n) is 12.2. The predicted octanol–water partition coefficient (Wildman–Crippen LogP) is 0.261. The van der Waals surface area contributed by atoms with Crippen molar-refractivity contribution in [2.45, 2.75) is 25.9 Å². The van der Waals surface area contributed by atoms with Crippen LogP contribution in [0.25, 0.3) is 0 Å². The Balaban J connectivity index is 1.84.